The number of esters is 1. The largest absolute Gasteiger partial charge is 0.632 e. The Hall–Kier alpha value is -2.93. The van der Waals surface area contributed by atoms with Crippen molar-refractivity contribution in [2.75, 3.05) is 46.4 Å². The van der Waals surface area contributed by atoms with Crippen LogP contribution in [0.3, 0.4) is 0 Å². The molecule has 0 radical (unpaired) electrons. The van der Waals surface area contributed by atoms with E-state index in [9.17, 15) is 29.8 Å². The zero-order valence-electron chi connectivity index (χ0n) is 31.3. The molecule has 0 unspecified atom stereocenters. The van der Waals surface area contributed by atoms with Crippen molar-refractivity contribution >= 4 is 18.2 Å². The van der Waals surface area contributed by atoms with Crippen molar-refractivity contribution in [1.82, 2.24) is 9.80 Å². The fraction of sp³-hybridized carbons (Fsp3) is 0.763. The molecule has 3 rings (SSSR count). The van der Waals surface area contributed by atoms with Crippen LogP contribution < -0.4 is 0 Å². The molecular formula is C38H63N3O9. The molecule has 0 aromatic heterocycles. The third-order valence-corrected chi connectivity index (χ3v) is 10.4. The summed E-state index contributed by atoms with van der Waals surface area (Å²) in [5.74, 6) is -0.985. The van der Waals surface area contributed by atoms with E-state index in [-0.39, 0.29) is 54.5 Å². The van der Waals surface area contributed by atoms with E-state index in [0.29, 0.717) is 32.7 Å². The van der Waals surface area contributed by atoms with Gasteiger partial charge in [0.25, 0.3) is 0 Å². The molecule has 0 spiro atoms. The third-order valence-electron chi connectivity index (χ3n) is 10.4. The summed E-state index contributed by atoms with van der Waals surface area (Å²) in [5.41, 5.74) is -0.787. The van der Waals surface area contributed by atoms with Crippen LogP contribution in [-0.4, -0.2) is 119 Å². The lowest BCUT2D eigenvalue weighted by atomic mass is 9.89. The lowest BCUT2D eigenvalue weighted by Gasteiger charge is -2.53. The number of rotatable bonds is 9. The van der Waals surface area contributed by atoms with E-state index in [0.717, 1.165) is 37.7 Å². The molecule has 2 fully saturated rings. The smallest absolute Gasteiger partial charge is 0.410 e. The minimum absolute atomic E-state index is 0.0530. The van der Waals surface area contributed by atoms with Gasteiger partial charge in [-0.25, -0.2) is 9.59 Å². The van der Waals surface area contributed by atoms with E-state index in [1.807, 2.05) is 45.9 Å². The van der Waals surface area contributed by atoms with Crippen molar-refractivity contribution < 1.29 is 43.5 Å². The number of carbonyl (C=O) groups is 3. The topological polar surface area (TPSA) is 149 Å². The van der Waals surface area contributed by atoms with E-state index in [4.69, 9.17) is 14.2 Å². The number of hydroxylamine groups is 3. The number of ether oxygens (including phenoxy) is 3. The van der Waals surface area contributed by atoms with Crippen LogP contribution >= 0.6 is 0 Å². The van der Waals surface area contributed by atoms with Crippen LogP contribution in [0, 0.1) is 17.0 Å². The van der Waals surface area contributed by atoms with Gasteiger partial charge in [-0.1, -0.05) is 57.9 Å². The Labute approximate surface area is 299 Å². The number of quaternary nitrogens is 1. The predicted molar refractivity (Wildman–Crippen MR) is 192 cm³/mol. The zero-order chi connectivity index (χ0) is 36.9. The van der Waals surface area contributed by atoms with Crippen LogP contribution in [0.1, 0.15) is 98.8 Å². The van der Waals surface area contributed by atoms with E-state index in [1.54, 1.807) is 35.9 Å². The quantitative estimate of drug-likeness (QED) is 0.0572. The molecule has 1 aliphatic carbocycles. The number of carbonyl (C=O) groups excluding carboxylic acids is 3. The first-order chi connectivity index (χ1) is 23.6. The maximum absolute atomic E-state index is 13.7. The summed E-state index contributed by atoms with van der Waals surface area (Å²) in [6.07, 6.45) is 12.4. The maximum Gasteiger partial charge on any atom is 0.410 e. The van der Waals surface area contributed by atoms with Gasteiger partial charge in [-0.3, -0.25) is 9.69 Å². The van der Waals surface area contributed by atoms with Gasteiger partial charge < -0.3 is 39.2 Å². The second kappa shape index (κ2) is 19.6. The molecule has 1 saturated carbocycles. The molecule has 6 atom stereocenters. The summed E-state index contributed by atoms with van der Waals surface area (Å²) < 4.78 is 16.9. The first kappa shape index (κ1) is 41.5. The van der Waals surface area contributed by atoms with Crippen molar-refractivity contribution in [3.8, 4) is 0 Å². The fourth-order valence-corrected chi connectivity index (χ4v) is 7.00. The van der Waals surface area contributed by atoms with Crippen LogP contribution in [0.2, 0.25) is 0 Å². The number of aliphatic hydroxyl groups is 2. The van der Waals surface area contributed by atoms with Crippen molar-refractivity contribution in [1.29, 1.82) is 0 Å². The van der Waals surface area contributed by atoms with E-state index in [2.05, 4.69) is 0 Å². The Kier molecular flexibility index (Phi) is 16.3. The lowest BCUT2D eigenvalue weighted by Crippen LogP contribution is -2.61. The number of piperazine rings is 1. The fourth-order valence-electron chi connectivity index (χ4n) is 7.00. The number of amides is 2. The van der Waals surface area contributed by atoms with Gasteiger partial charge in [0.1, 0.15) is 11.7 Å². The van der Waals surface area contributed by atoms with E-state index < -0.39 is 36.0 Å². The van der Waals surface area contributed by atoms with E-state index >= 15 is 0 Å². The first-order valence-electron chi connectivity index (χ1n) is 18.7. The second-order valence-corrected chi connectivity index (χ2v) is 15.0. The van der Waals surface area contributed by atoms with Crippen LogP contribution in [0.15, 0.2) is 36.0 Å². The van der Waals surface area contributed by atoms with Crippen LogP contribution in [0.4, 0.5) is 9.59 Å². The molecule has 0 aromatic carbocycles. The van der Waals surface area contributed by atoms with Crippen LogP contribution in [0.25, 0.3) is 0 Å². The van der Waals surface area contributed by atoms with Gasteiger partial charge >= 0.3 is 18.2 Å². The summed E-state index contributed by atoms with van der Waals surface area (Å²) >= 11 is 0. The van der Waals surface area contributed by atoms with Gasteiger partial charge in [0.05, 0.1) is 51.4 Å². The minimum Gasteiger partial charge on any atom is -0.632 e. The third kappa shape index (κ3) is 12.7. The Bertz CT molecular complexity index is 1190. The SMILES string of the molecule is CCCN(C)C(=O)OC[C@@H](C)/C=C/C=C(\C)[C@H]1OC(=O)C[C@@H](O)CC[C@](C)(O)[C@@H](OC(=O)N2CC[N+]([O-])(C3CCCCCC3)CC2)/C=C\[C@@H]1C. The number of allylic oxidation sites excluding steroid dienone is 2. The first-order valence-corrected chi connectivity index (χ1v) is 18.7. The van der Waals surface area contributed by atoms with Crippen molar-refractivity contribution in [3.63, 3.8) is 0 Å². The summed E-state index contributed by atoms with van der Waals surface area (Å²) in [6, 6.07) is 0.0827. The summed E-state index contributed by atoms with van der Waals surface area (Å²) in [7, 11) is 1.70. The molecular weight excluding hydrogens is 642 g/mol. The van der Waals surface area contributed by atoms with Crippen molar-refractivity contribution in [3.05, 3.63) is 41.2 Å². The molecule has 1 saturated heterocycles. The standard InChI is InChI=1S/C38H63N3O9/c1-7-21-39(6)36(44)48-27-28(2)13-12-14-29(3)35-30(4)17-18-33(38(5,46)20-19-32(42)26-34(43)50-35)49-37(45)40-22-24-41(47,25-23-40)31-15-10-8-9-11-16-31/h12-14,17-18,28,30-33,35,42,46H,7-11,15-16,19-27H2,1-6H3/b13-12+,18-17-,29-14+/t28-,30-,32-,33-,35+,38-/m0/s1. The molecule has 2 aliphatic heterocycles. The Morgan fingerprint density at radius 2 is 1.84 bits per heavy atom. The van der Waals surface area contributed by atoms with Gasteiger partial charge in [-0.15, -0.1) is 0 Å². The predicted octanol–water partition coefficient (Wildman–Crippen LogP) is 5.86. The Morgan fingerprint density at radius 1 is 1.18 bits per heavy atom. The van der Waals surface area contributed by atoms with E-state index in [1.165, 1.54) is 12.8 Å². The molecule has 0 bridgehead atoms. The molecule has 2 heterocycles. The van der Waals surface area contributed by atoms with Crippen molar-refractivity contribution in [2.45, 2.75) is 129 Å². The number of hydrogen-bond donors (Lipinski definition) is 2. The summed E-state index contributed by atoms with van der Waals surface area (Å²) in [6.45, 7) is 11.3. The second-order valence-electron chi connectivity index (χ2n) is 15.0. The van der Waals surface area contributed by atoms with Gasteiger partial charge in [0.2, 0.25) is 0 Å². The van der Waals surface area contributed by atoms with Gasteiger partial charge in [-0.2, -0.15) is 0 Å². The molecule has 2 N–H and O–H groups in total. The number of aliphatic hydroxyl groups excluding tert-OH is 1. The van der Waals surface area contributed by atoms with Crippen molar-refractivity contribution in [2.24, 2.45) is 11.8 Å². The van der Waals surface area contributed by atoms with Gasteiger partial charge in [0, 0.05) is 25.4 Å². The van der Waals surface area contributed by atoms with Crippen LogP contribution in [-0.2, 0) is 19.0 Å². The highest BCUT2D eigenvalue weighted by molar-refractivity contribution is 5.70. The molecule has 284 valence electrons. The summed E-state index contributed by atoms with van der Waals surface area (Å²) in [4.78, 5) is 41.5. The molecule has 12 nitrogen and oxygen atoms in total. The highest BCUT2D eigenvalue weighted by atomic mass is 16.6. The molecule has 12 heteroatoms. The number of nitrogens with zero attached hydrogens (tertiary/aromatic N) is 3. The normalized spacial score (nSPS) is 30.3. The summed E-state index contributed by atoms with van der Waals surface area (Å²) in [5, 5.41) is 35.9. The maximum atomic E-state index is 13.7. The molecule has 0 aromatic rings. The lowest BCUT2D eigenvalue weighted by molar-refractivity contribution is -0.909. The molecule has 50 heavy (non-hydrogen) atoms. The van der Waals surface area contributed by atoms with Gasteiger partial charge in [-0.05, 0) is 70.4 Å². The highest BCUT2D eigenvalue weighted by Gasteiger charge is 2.39. The average Bonchev–Trinajstić information content (AvgIpc) is 3.37. The molecule has 2 amide bonds. The number of cyclic esters (lactones) is 1. The Balaban J connectivity index is 1.70. The van der Waals surface area contributed by atoms with Crippen LogP contribution in [0.5, 0.6) is 0 Å². The monoisotopic (exact) mass is 705 g/mol. The number of hydrogen-bond acceptors (Lipinski definition) is 9. The molecule has 3 aliphatic rings. The minimum atomic E-state index is -1.53. The zero-order valence-corrected chi connectivity index (χ0v) is 31.3. The van der Waals surface area contributed by atoms with Gasteiger partial charge in [0.15, 0.2) is 6.10 Å². The average molecular weight is 706 g/mol. The highest BCUT2D eigenvalue weighted by Crippen LogP contribution is 2.30. The Morgan fingerprint density at radius 3 is 2.48 bits per heavy atom.